The summed E-state index contributed by atoms with van der Waals surface area (Å²) in [6, 6.07) is 5.16. The van der Waals surface area contributed by atoms with Crippen molar-refractivity contribution in [2.75, 3.05) is 6.61 Å². The van der Waals surface area contributed by atoms with Crippen LogP contribution >= 0.6 is 11.6 Å². The van der Waals surface area contributed by atoms with Crippen molar-refractivity contribution in [3.05, 3.63) is 34.3 Å². The van der Waals surface area contributed by atoms with E-state index >= 15 is 0 Å². The summed E-state index contributed by atoms with van der Waals surface area (Å²) in [6.45, 7) is 5.24. The lowest BCUT2D eigenvalue weighted by Gasteiger charge is -2.23. The molecule has 0 aliphatic heterocycles. The third-order valence-electron chi connectivity index (χ3n) is 2.29. The van der Waals surface area contributed by atoms with Gasteiger partial charge in [-0.1, -0.05) is 17.7 Å². The van der Waals surface area contributed by atoms with Crippen molar-refractivity contribution < 1.29 is 9.90 Å². The first-order valence-corrected chi connectivity index (χ1v) is 5.43. The van der Waals surface area contributed by atoms with Crippen LogP contribution in [0.5, 0.6) is 0 Å². The second-order valence-electron chi connectivity index (χ2n) is 4.46. The van der Waals surface area contributed by atoms with Crippen molar-refractivity contribution in [3.8, 4) is 0 Å². The summed E-state index contributed by atoms with van der Waals surface area (Å²) in [5.74, 6) is -0.223. The Balaban J connectivity index is 2.93. The predicted octanol–water partition coefficient (Wildman–Crippen LogP) is 2.15. The molecule has 0 unspecified atom stereocenters. The van der Waals surface area contributed by atoms with Crippen LogP contribution in [0, 0.1) is 6.92 Å². The number of hydrogen-bond acceptors (Lipinski definition) is 2. The quantitative estimate of drug-likeness (QED) is 0.852. The summed E-state index contributed by atoms with van der Waals surface area (Å²) in [5, 5.41) is 12.3. The molecule has 1 aromatic rings. The Hall–Kier alpha value is -1.06. The third-order valence-corrected chi connectivity index (χ3v) is 2.53. The van der Waals surface area contributed by atoms with Gasteiger partial charge >= 0.3 is 0 Å². The van der Waals surface area contributed by atoms with Gasteiger partial charge in [-0.05, 0) is 38.5 Å². The Morgan fingerprint density at radius 3 is 2.69 bits per heavy atom. The first kappa shape index (κ1) is 13.0. The number of benzene rings is 1. The van der Waals surface area contributed by atoms with Gasteiger partial charge in [-0.3, -0.25) is 4.79 Å². The number of carbonyl (C=O) groups excluding carboxylic acids is 1. The van der Waals surface area contributed by atoms with Gasteiger partial charge in [-0.15, -0.1) is 0 Å². The third kappa shape index (κ3) is 3.22. The number of rotatable bonds is 3. The van der Waals surface area contributed by atoms with Crippen molar-refractivity contribution in [1.82, 2.24) is 5.32 Å². The number of aliphatic hydroxyl groups excluding tert-OH is 1. The number of amides is 1. The molecule has 1 rings (SSSR count). The minimum atomic E-state index is -0.633. The molecule has 88 valence electrons. The summed E-state index contributed by atoms with van der Waals surface area (Å²) in [7, 11) is 0. The molecule has 0 aliphatic rings. The molecule has 1 aromatic carbocycles. The molecule has 2 N–H and O–H groups in total. The van der Waals surface area contributed by atoms with E-state index in [1.54, 1.807) is 32.0 Å². The average Bonchev–Trinajstić information content (AvgIpc) is 2.21. The van der Waals surface area contributed by atoms with E-state index in [0.717, 1.165) is 5.56 Å². The van der Waals surface area contributed by atoms with E-state index in [1.165, 1.54) is 0 Å². The van der Waals surface area contributed by atoms with Crippen LogP contribution in [0.25, 0.3) is 0 Å². The summed E-state index contributed by atoms with van der Waals surface area (Å²) < 4.78 is 0. The van der Waals surface area contributed by atoms with Crippen molar-refractivity contribution in [3.63, 3.8) is 0 Å². The number of aryl methyl sites for hydroxylation is 1. The molecule has 0 fully saturated rings. The fourth-order valence-electron chi connectivity index (χ4n) is 1.25. The molecule has 3 nitrogen and oxygen atoms in total. The lowest BCUT2D eigenvalue weighted by molar-refractivity contribution is 0.0868. The van der Waals surface area contributed by atoms with Crippen molar-refractivity contribution in [1.29, 1.82) is 0 Å². The molecule has 0 aliphatic carbocycles. The molecule has 0 aromatic heterocycles. The molecular weight excluding hydrogens is 226 g/mol. The van der Waals surface area contributed by atoms with Crippen LogP contribution in [-0.4, -0.2) is 23.2 Å². The summed E-state index contributed by atoms with van der Waals surface area (Å²) in [5.41, 5.74) is 0.760. The van der Waals surface area contributed by atoms with Crippen molar-refractivity contribution in [2.24, 2.45) is 0 Å². The molecule has 4 heteroatoms. The number of hydrogen-bond donors (Lipinski definition) is 2. The lowest BCUT2D eigenvalue weighted by atomic mass is 10.0. The van der Waals surface area contributed by atoms with E-state index in [9.17, 15) is 4.79 Å². The zero-order valence-corrected chi connectivity index (χ0v) is 10.4. The number of nitrogens with one attached hydrogen (secondary N) is 1. The van der Waals surface area contributed by atoms with Gasteiger partial charge in [-0.2, -0.15) is 0 Å². The van der Waals surface area contributed by atoms with Gasteiger partial charge in [0, 0.05) is 10.6 Å². The van der Waals surface area contributed by atoms with Crippen LogP contribution in [0.4, 0.5) is 0 Å². The molecule has 0 radical (unpaired) electrons. The summed E-state index contributed by atoms with van der Waals surface area (Å²) in [6.07, 6.45) is 0. The highest BCUT2D eigenvalue weighted by Crippen LogP contribution is 2.16. The Morgan fingerprint density at radius 2 is 2.12 bits per heavy atom. The highest BCUT2D eigenvalue weighted by Gasteiger charge is 2.20. The Labute approximate surface area is 100 Å². The Morgan fingerprint density at radius 1 is 1.50 bits per heavy atom. The average molecular weight is 242 g/mol. The topological polar surface area (TPSA) is 49.3 Å². The van der Waals surface area contributed by atoms with Crippen LogP contribution < -0.4 is 5.32 Å². The molecule has 0 spiro atoms. The van der Waals surface area contributed by atoms with Gasteiger partial charge in [0.2, 0.25) is 0 Å². The molecule has 1 amide bonds. The maximum Gasteiger partial charge on any atom is 0.252 e. The zero-order chi connectivity index (χ0) is 12.3. The van der Waals surface area contributed by atoms with Gasteiger partial charge in [0.05, 0.1) is 12.1 Å². The monoisotopic (exact) mass is 241 g/mol. The van der Waals surface area contributed by atoms with Crippen LogP contribution in [-0.2, 0) is 0 Å². The van der Waals surface area contributed by atoms with E-state index in [0.29, 0.717) is 10.6 Å². The highest BCUT2D eigenvalue weighted by molar-refractivity contribution is 6.31. The minimum Gasteiger partial charge on any atom is -0.394 e. The van der Waals surface area contributed by atoms with Crippen LogP contribution in [0.1, 0.15) is 29.8 Å². The molecule has 0 saturated carbocycles. The van der Waals surface area contributed by atoms with E-state index < -0.39 is 5.54 Å². The SMILES string of the molecule is Cc1ccc(Cl)cc1C(=O)NC(C)(C)CO. The molecular formula is C12H16ClNO2. The molecule has 0 bridgehead atoms. The number of aliphatic hydroxyl groups is 1. The van der Waals surface area contributed by atoms with E-state index in [-0.39, 0.29) is 12.5 Å². The lowest BCUT2D eigenvalue weighted by Crippen LogP contribution is -2.46. The van der Waals surface area contributed by atoms with Crippen molar-refractivity contribution >= 4 is 17.5 Å². The van der Waals surface area contributed by atoms with Crippen LogP contribution in [0.15, 0.2) is 18.2 Å². The molecule has 16 heavy (non-hydrogen) atoms. The fourth-order valence-corrected chi connectivity index (χ4v) is 1.43. The van der Waals surface area contributed by atoms with Crippen molar-refractivity contribution in [2.45, 2.75) is 26.3 Å². The second kappa shape index (κ2) is 4.85. The maximum atomic E-state index is 11.9. The minimum absolute atomic E-state index is 0.113. The van der Waals surface area contributed by atoms with Gasteiger partial charge in [-0.25, -0.2) is 0 Å². The van der Waals surface area contributed by atoms with Crippen LogP contribution in [0.3, 0.4) is 0 Å². The maximum absolute atomic E-state index is 11.9. The first-order valence-electron chi connectivity index (χ1n) is 5.05. The standard InChI is InChI=1S/C12H16ClNO2/c1-8-4-5-9(13)6-10(8)11(16)14-12(2,3)7-15/h4-6,15H,7H2,1-3H3,(H,14,16). The normalized spacial score (nSPS) is 11.3. The van der Waals surface area contributed by atoms with E-state index in [1.807, 2.05) is 6.92 Å². The largest absolute Gasteiger partial charge is 0.394 e. The van der Waals surface area contributed by atoms with E-state index in [2.05, 4.69) is 5.32 Å². The predicted molar refractivity (Wildman–Crippen MR) is 64.8 cm³/mol. The molecule has 0 saturated heterocycles. The van der Waals surface area contributed by atoms with Gasteiger partial charge in [0.1, 0.15) is 0 Å². The molecule has 0 atom stereocenters. The first-order chi connectivity index (χ1) is 7.35. The highest BCUT2D eigenvalue weighted by atomic mass is 35.5. The Bertz CT molecular complexity index is 402. The second-order valence-corrected chi connectivity index (χ2v) is 4.89. The summed E-state index contributed by atoms with van der Waals surface area (Å²) >= 11 is 5.84. The van der Waals surface area contributed by atoms with Gasteiger partial charge < -0.3 is 10.4 Å². The number of carbonyl (C=O) groups is 1. The van der Waals surface area contributed by atoms with Gasteiger partial charge in [0.15, 0.2) is 0 Å². The summed E-state index contributed by atoms with van der Waals surface area (Å²) in [4.78, 5) is 11.9. The fraction of sp³-hybridized carbons (Fsp3) is 0.417. The van der Waals surface area contributed by atoms with E-state index in [4.69, 9.17) is 16.7 Å². The van der Waals surface area contributed by atoms with Gasteiger partial charge in [0.25, 0.3) is 5.91 Å². The zero-order valence-electron chi connectivity index (χ0n) is 9.67. The number of halogens is 1. The Kier molecular flexibility index (Phi) is 3.94. The smallest absolute Gasteiger partial charge is 0.252 e. The van der Waals surface area contributed by atoms with Crippen LogP contribution in [0.2, 0.25) is 5.02 Å². The molecule has 0 heterocycles.